The first-order valence-electron chi connectivity index (χ1n) is 12.3. The normalized spacial score (nSPS) is 18.8. The number of aryl methyl sites for hydroxylation is 1. The first kappa shape index (κ1) is 29.1. The third-order valence-electron chi connectivity index (χ3n) is 6.88. The molecule has 0 aromatic carbocycles. The monoisotopic (exact) mass is 550 g/mol. The van der Waals surface area contributed by atoms with Crippen LogP contribution in [0, 0.1) is 17.3 Å². The van der Waals surface area contributed by atoms with Crippen LogP contribution in [0.25, 0.3) is 11.3 Å². The zero-order valence-corrected chi connectivity index (χ0v) is 22.0. The number of pyridine rings is 1. The van der Waals surface area contributed by atoms with Crippen molar-refractivity contribution in [2.24, 2.45) is 17.3 Å². The molecule has 1 fully saturated rings. The van der Waals surface area contributed by atoms with Crippen LogP contribution in [0.1, 0.15) is 69.6 Å². The third kappa shape index (κ3) is 6.91. The molecule has 0 aliphatic heterocycles. The fourth-order valence-electron chi connectivity index (χ4n) is 4.42. The van der Waals surface area contributed by atoms with Crippen LogP contribution in [0.3, 0.4) is 0 Å². The van der Waals surface area contributed by atoms with Crippen LogP contribution in [-0.2, 0) is 13.0 Å². The molecule has 1 saturated carbocycles. The minimum Gasteiger partial charge on any atom is -0.434 e. The highest BCUT2D eigenvalue weighted by Crippen LogP contribution is 2.42. The summed E-state index contributed by atoms with van der Waals surface area (Å²) in [6.07, 6.45) is 0.282. The van der Waals surface area contributed by atoms with E-state index in [1.54, 1.807) is 6.92 Å². The van der Waals surface area contributed by atoms with E-state index in [4.69, 9.17) is 11.6 Å². The van der Waals surface area contributed by atoms with Gasteiger partial charge in [-0.1, -0.05) is 45.2 Å². The van der Waals surface area contributed by atoms with E-state index in [9.17, 15) is 26.7 Å². The van der Waals surface area contributed by atoms with Gasteiger partial charge in [0, 0.05) is 37.5 Å². The average molecular weight is 551 g/mol. The van der Waals surface area contributed by atoms with Crippen molar-refractivity contribution in [1.82, 2.24) is 20.1 Å². The molecule has 2 aromatic rings. The van der Waals surface area contributed by atoms with Crippen LogP contribution in [0.5, 0.6) is 5.75 Å². The standard InChI is InChI=1S/C25H32ClF5N4O2/c1-5-35-21(19(26)20(34-35)22(36)33-12-15-8-6-14(2)7-9-15)17-13-32-16(10-18(17)37-23(27)28)11-24(3,4)25(29,30)31/h10,13-15,23H,5-9,11-12H2,1-4H3,(H,33,36). The molecule has 0 atom stereocenters. The number of halogens is 6. The van der Waals surface area contributed by atoms with Gasteiger partial charge in [-0.05, 0) is 31.6 Å². The smallest absolute Gasteiger partial charge is 0.394 e. The number of nitrogens with one attached hydrogen (secondary N) is 1. The van der Waals surface area contributed by atoms with Gasteiger partial charge < -0.3 is 10.1 Å². The zero-order valence-electron chi connectivity index (χ0n) is 21.3. The van der Waals surface area contributed by atoms with Crippen molar-refractivity contribution in [2.45, 2.75) is 79.1 Å². The summed E-state index contributed by atoms with van der Waals surface area (Å²) < 4.78 is 72.6. The predicted octanol–water partition coefficient (Wildman–Crippen LogP) is 6.91. The maximum Gasteiger partial charge on any atom is 0.394 e. The van der Waals surface area contributed by atoms with Crippen LogP contribution in [0.2, 0.25) is 5.02 Å². The Hall–Kier alpha value is -2.43. The van der Waals surface area contributed by atoms with E-state index >= 15 is 0 Å². The molecule has 1 aliphatic rings. The average Bonchev–Trinajstić information content (AvgIpc) is 3.13. The number of ether oxygens (including phenoxy) is 1. The zero-order chi connectivity index (χ0) is 27.5. The second-order valence-electron chi connectivity index (χ2n) is 10.3. The van der Waals surface area contributed by atoms with E-state index in [1.807, 2.05) is 0 Å². The number of amides is 1. The third-order valence-corrected chi connectivity index (χ3v) is 7.24. The van der Waals surface area contributed by atoms with Crippen LogP contribution >= 0.6 is 11.6 Å². The molecule has 0 bridgehead atoms. The molecule has 0 unspecified atom stereocenters. The number of hydrogen-bond acceptors (Lipinski definition) is 4. The van der Waals surface area contributed by atoms with Crippen molar-refractivity contribution >= 4 is 17.5 Å². The largest absolute Gasteiger partial charge is 0.434 e. The van der Waals surface area contributed by atoms with Gasteiger partial charge in [0.15, 0.2) is 5.69 Å². The molecular weight excluding hydrogens is 519 g/mol. The molecule has 206 valence electrons. The fraction of sp³-hybridized carbons (Fsp3) is 0.640. The van der Waals surface area contributed by atoms with Gasteiger partial charge >= 0.3 is 12.8 Å². The number of hydrogen-bond donors (Lipinski definition) is 1. The molecule has 1 aliphatic carbocycles. The molecule has 3 rings (SSSR count). The summed E-state index contributed by atoms with van der Waals surface area (Å²) in [5, 5.41) is 7.05. The number of carbonyl (C=O) groups excluding carboxylic acids is 1. The van der Waals surface area contributed by atoms with Crippen molar-refractivity contribution in [2.75, 3.05) is 6.54 Å². The van der Waals surface area contributed by atoms with Gasteiger partial charge in [0.1, 0.15) is 5.75 Å². The number of rotatable bonds is 9. The van der Waals surface area contributed by atoms with Gasteiger partial charge in [-0.15, -0.1) is 0 Å². The molecule has 37 heavy (non-hydrogen) atoms. The quantitative estimate of drug-likeness (QED) is 0.345. The molecule has 0 saturated heterocycles. The molecule has 6 nitrogen and oxygen atoms in total. The lowest BCUT2D eigenvalue weighted by Gasteiger charge is -2.27. The van der Waals surface area contributed by atoms with Gasteiger partial charge in [0.2, 0.25) is 0 Å². The van der Waals surface area contributed by atoms with Crippen LogP contribution in [-0.4, -0.2) is 40.0 Å². The molecule has 12 heteroatoms. The van der Waals surface area contributed by atoms with Crippen molar-refractivity contribution in [1.29, 1.82) is 0 Å². The summed E-state index contributed by atoms with van der Waals surface area (Å²) in [4.78, 5) is 17.0. The minimum absolute atomic E-state index is 0.00599. The van der Waals surface area contributed by atoms with E-state index in [-0.39, 0.29) is 34.2 Å². The van der Waals surface area contributed by atoms with Crippen molar-refractivity contribution in [3.05, 3.63) is 28.7 Å². The summed E-state index contributed by atoms with van der Waals surface area (Å²) in [7, 11) is 0. The predicted molar refractivity (Wildman–Crippen MR) is 130 cm³/mol. The highest BCUT2D eigenvalue weighted by molar-refractivity contribution is 6.36. The highest BCUT2D eigenvalue weighted by atomic mass is 35.5. The van der Waals surface area contributed by atoms with E-state index in [1.165, 1.54) is 4.68 Å². The Morgan fingerprint density at radius 2 is 1.89 bits per heavy atom. The molecule has 1 amide bonds. The van der Waals surface area contributed by atoms with Gasteiger partial charge in [-0.3, -0.25) is 14.5 Å². The molecular formula is C25H32ClF5N4O2. The van der Waals surface area contributed by atoms with Gasteiger partial charge in [0.25, 0.3) is 5.91 Å². The second-order valence-corrected chi connectivity index (χ2v) is 10.6. The summed E-state index contributed by atoms with van der Waals surface area (Å²) in [6.45, 7) is 3.39. The lowest BCUT2D eigenvalue weighted by atomic mass is 9.83. The van der Waals surface area contributed by atoms with Crippen LogP contribution in [0.4, 0.5) is 22.0 Å². The lowest BCUT2D eigenvalue weighted by Crippen LogP contribution is -2.34. The Morgan fingerprint density at radius 3 is 2.46 bits per heavy atom. The SMILES string of the molecule is CCn1nc(C(=O)NCC2CCC(C)CC2)c(Cl)c1-c1cnc(CC(C)(C)C(F)(F)F)cc1OC(F)F. The van der Waals surface area contributed by atoms with Crippen LogP contribution in [0.15, 0.2) is 12.3 Å². The highest BCUT2D eigenvalue weighted by Gasteiger charge is 2.47. The Kier molecular flexibility index (Phi) is 9.08. The Morgan fingerprint density at radius 1 is 1.24 bits per heavy atom. The Bertz CT molecular complexity index is 1100. The number of aromatic nitrogens is 3. The lowest BCUT2D eigenvalue weighted by molar-refractivity contribution is -0.211. The van der Waals surface area contributed by atoms with E-state index in [2.05, 4.69) is 27.1 Å². The topological polar surface area (TPSA) is 69.0 Å². The number of nitrogens with zero attached hydrogens (tertiary/aromatic N) is 3. The molecule has 1 N–H and O–H groups in total. The molecule has 0 spiro atoms. The summed E-state index contributed by atoms with van der Waals surface area (Å²) >= 11 is 6.53. The van der Waals surface area contributed by atoms with E-state index in [0.29, 0.717) is 18.4 Å². The van der Waals surface area contributed by atoms with Crippen molar-refractivity contribution in [3.8, 4) is 17.0 Å². The van der Waals surface area contributed by atoms with Gasteiger partial charge in [-0.2, -0.15) is 27.1 Å². The first-order chi connectivity index (χ1) is 17.2. The second kappa shape index (κ2) is 11.5. The Balaban J connectivity index is 1.92. The van der Waals surface area contributed by atoms with Crippen molar-refractivity contribution < 1.29 is 31.5 Å². The van der Waals surface area contributed by atoms with E-state index < -0.39 is 36.3 Å². The number of carbonyl (C=O) groups is 1. The van der Waals surface area contributed by atoms with Crippen LogP contribution < -0.4 is 10.1 Å². The number of alkyl halides is 5. The van der Waals surface area contributed by atoms with Gasteiger partial charge in [0.05, 0.1) is 21.7 Å². The fourth-order valence-corrected chi connectivity index (χ4v) is 4.75. The van der Waals surface area contributed by atoms with E-state index in [0.717, 1.165) is 51.8 Å². The minimum atomic E-state index is -4.53. The Labute approximate surface area is 217 Å². The maximum atomic E-state index is 13.4. The molecule has 2 heterocycles. The molecule has 0 radical (unpaired) electrons. The maximum absolute atomic E-state index is 13.4. The summed E-state index contributed by atoms with van der Waals surface area (Å²) in [5.74, 6) is 0.131. The van der Waals surface area contributed by atoms with Crippen molar-refractivity contribution in [3.63, 3.8) is 0 Å². The molecule has 2 aromatic heterocycles. The van der Waals surface area contributed by atoms with Gasteiger partial charge in [-0.25, -0.2) is 0 Å². The first-order valence-corrected chi connectivity index (χ1v) is 12.7. The summed E-state index contributed by atoms with van der Waals surface area (Å²) in [5.41, 5.74) is -2.19. The summed E-state index contributed by atoms with van der Waals surface area (Å²) in [6, 6.07) is 1.04.